The quantitative estimate of drug-likeness (QED) is 0.691. The van der Waals surface area contributed by atoms with Crippen molar-refractivity contribution in [2.45, 2.75) is 46.6 Å². The summed E-state index contributed by atoms with van der Waals surface area (Å²) in [6.07, 6.45) is -0.386. The van der Waals surface area contributed by atoms with Crippen LogP contribution in [-0.4, -0.2) is 34.0 Å². The van der Waals surface area contributed by atoms with E-state index < -0.39 is 11.6 Å². The molecule has 1 atom stereocenters. The molecule has 16 heavy (non-hydrogen) atoms. The molecular weight excluding hydrogens is 206 g/mol. The first-order valence-corrected chi connectivity index (χ1v) is 5.63. The van der Waals surface area contributed by atoms with Crippen LogP contribution in [0.1, 0.15) is 41.0 Å². The second kappa shape index (κ2) is 3.75. The number of likely N-dealkylation sites (tertiary alicyclic amines) is 1. The Labute approximate surface area is 96.6 Å². The van der Waals surface area contributed by atoms with Gasteiger partial charge in [0.25, 0.3) is 0 Å². The Kier molecular flexibility index (Phi) is 3.05. The highest BCUT2D eigenvalue weighted by Gasteiger charge is 2.48. The molecule has 1 unspecified atom stereocenters. The predicted octanol–water partition coefficient (Wildman–Crippen LogP) is 2.38. The van der Waals surface area contributed by atoms with Gasteiger partial charge in [-0.1, -0.05) is 20.8 Å². The highest BCUT2D eigenvalue weighted by Crippen LogP contribution is 2.38. The summed E-state index contributed by atoms with van der Waals surface area (Å²) < 4.78 is 0. The summed E-state index contributed by atoms with van der Waals surface area (Å²) in [7, 11) is 0. The highest BCUT2D eigenvalue weighted by molar-refractivity contribution is 5.93. The normalized spacial score (nSPS) is 25.7. The fourth-order valence-electron chi connectivity index (χ4n) is 2.39. The van der Waals surface area contributed by atoms with Gasteiger partial charge in [0.05, 0.1) is 5.54 Å². The van der Waals surface area contributed by atoms with E-state index in [0.29, 0.717) is 13.0 Å². The van der Waals surface area contributed by atoms with Crippen molar-refractivity contribution in [1.29, 1.82) is 0 Å². The van der Waals surface area contributed by atoms with Crippen LogP contribution in [0.4, 0.5) is 4.79 Å². The van der Waals surface area contributed by atoms with Gasteiger partial charge in [-0.3, -0.25) is 9.69 Å². The van der Waals surface area contributed by atoms with Crippen LogP contribution in [0, 0.1) is 11.3 Å². The number of rotatable bonds is 0. The van der Waals surface area contributed by atoms with Crippen LogP contribution in [0.5, 0.6) is 0 Å². The van der Waals surface area contributed by atoms with Crippen molar-refractivity contribution in [3.63, 3.8) is 0 Å². The SMILES string of the molecule is CC(C)(C)C1CCN(C(=O)O)C(C)(C)C1=O. The summed E-state index contributed by atoms with van der Waals surface area (Å²) in [6.45, 7) is 9.92. The number of ketones is 1. The molecule has 0 aliphatic carbocycles. The van der Waals surface area contributed by atoms with Crippen molar-refractivity contribution >= 4 is 11.9 Å². The molecule has 1 heterocycles. The van der Waals surface area contributed by atoms with Gasteiger partial charge in [-0.2, -0.15) is 0 Å². The zero-order valence-corrected chi connectivity index (χ0v) is 10.7. The molecule has 0 aromatic heterocycles. The van der Waals surface area contributed by atoms with Crippen molar-refractivity contribution < 1.29 is 14.7 Å². The predicted molar refractivity (Wildman–Crippen MR) is 61.4 cm³/mol. The molecule has 1 rings (SSSR count). The summed E-state index contributed by atoms with van der Waals surface area (Å²) in [5, 5.41) is 9.05. The monoisotopic (exact) mass is 227 g/mol. The Bertz CT molecular complexity index is 315. The first-order chi connectivity index (χ1) is 7.08. The first-order valence-electron chi connectivity index (χ1n) is 5.63. The maximum atomic E-state index is 12.3. The second-order valence-corrected chi connectivity index (χ2v) is 6.06. The Hall–Kier alpha value is -1.06. The summed E-state index contributed by atoms with van der Waals surface area (Å²) in [5.74, 6) is -0.0215. The van der Waals surface area contributed by atoms with Crippen LogP contribution < -0.4 is 0 Å². The maximum Gasteiger partial charge on any atom is 0.408 e. The summed E-state index contributed by atoms with van der Waals surface area (Å²) in [4.78, 5) is 24.6. The number of amides is 1. The molecule has 0 bridgehead atoms. The lowest BCUT2D eigenvalue weighted by atomic mass is 9.69. The van der Waals surface area contributed by atoms with Gasteiger partial charge in [0.1, 0.15) is 0 Å². The van der Waals surface area contributed by atoms with Crippen LogP contribution in [0.2, 0.25) is 0 Å². The average Bonchev–Trinajstić information content (AvgIpc) is 2.06. The Morgan fingerprint density at radius 1 is 1.44 bits per heavy atom. The number of carboxylic acid groups (broad SMARTS) is 1. The lowest BCUT2D eigenvalue weighted by molar-refractivity contribution is -0.140. The van der Waals surface area contributed by atoms with E-state index in [1.807, 2.05) is 20.8 Å². The van der Waals surface area contributed by atoms with Gasteiger partial charge in [0.15, 0.2) is 5.78 Å². The van der Waals surface area contributed by atoms with Gasteiger partial charge in [-0.15, -0.1) is 0 Å². The van der Waals surface area contributed by atoms with Crippen LogP contribution in [0.25, 0.3) is 0 Å². The second-order valence-electron chi connectivity index (χ2n) is 6.06. The molecule has 4 nitrogen and oxygen atoms in total. The standard InChI is InChI=1S/C12H21NO3/c1-11(2,3)8-6-7-13(10(15)16)12(4,5)9(8)14/h8H,6-7H2,1-5H3,(H,15,16). The Morgan fingerprint density at radius 2 is 1.94 bits per heavy atom. The summed E-state index contributed by atoms with van der Waals surface area (Å²) in [5.41, 5.74) is -0.999. The van der Waals surface area contributed by atoms with Gasteiger partial charge in [0, 0.05) is 12.5 Å². The van der Waals surface area contributed by atoms with E-state index in [9.17, 15) is 9.59 Å². The highest BCUT2D eigenvalue weighted by atomic mass is 16.4. The molecule has 1 saturated heterocycles. The molecule has 1 N–H and O–H groups in total. The Morgan fingerprint density at radius 3 is 2.31 bits per heavy atom. The van der Waals surface area contributed by atoms with Crippen molar-refractivity contribution in [1.82, 2.24) is 4.90 Å². The van der Waals surface area contributed by atoms with Gasteiger partial charge >= 0.3 is 6.09 Å². The fourth-order valence-corrected chi connectivity index (χ4v) is 2.39. The van der Waals surface area contributed by atoms with E-state index >= 15 is 0 Å². The summed E-state index contributed by atoms with van der Waals surface area (Å²) in [6, 6.07) is 0. The molecule has 1 amide bonds. The lowest BCUT2D eigenvalue weighted by Gasteiger charge is -2.46. The zero-order chi connectivity index (χ0) is 12.7. The van der Waals surface area contributed by atoms with E-state index in [4.69, 9.17) is 5.11 Å². The summed E-state index contributed by atoms with van der Waals surface area (Å²) >= 11 is 0. The minimum atomic E-state index is -1.01. The number of piperidine rings is 1. The molecule has 1 fully saturated rings. The molecule has 92 valence electrons. The van der Waals surface area contributed by atoms with Crippen molar-refractivity contribution in [2.75, 3.05) is 6.54 Å². The van der Waals surface area contributed by atoms with E-state index in [2.05, 4.69) is 0 Å². The van der Waals surface area contributed by atoms with Crippen molar-refractivity contribution in [2.24, 2.45) is 11.3 Å². The molecule has 0 saturated carbocycles. The van der Waals surface area contributed by atoms with Gasteiger partial charge in [-0.05, 0) is 25.7 Å². The molecule has 1 aliphatic rings. The van der Waals surface area contributed by atoms with Crippen LogP contribution in [-0.2, 0) is 4.79 Å². The van der Waals surface area contributed by atoms with Crippen LogP contribution >= 0.6 is 0 Å². The zero-order valence-electron chi connectivity index (χ0n) is 10.7. The van der Waals surface area contributed by atoms with E-state index in [0.717, 1.165) is 0 Å². The van der Waals surface area contributed by atoms with E-state index in [-0.39, 0.29) is 17.1 Å². The molecule has 1 aliphatic heterocycles. The third-order valence-electron chi connectivity index (χ3n) is 3.51. The molecular formula is C12H21NO3. The molecule has 0 aromatic carbocycles. The largest absolute Gasteiger partial charge is 0.465 e. The topological polar surface area (TPSA) is 57.6 Å². The fraction of sp³-hybridized carbons (Fsp3) is 0.833. The molecule has 4 heteroatoms. The van der Waals surface area contributed by atoms with Crippen molar-refractivity contribution in [3.8, 4) is 0 Å². The molecule has 0 radical (unpaired) electrons. The average molecular weight is 227 g/mol. The molecule has 0 aromatic rings. The third-order valence-corrected chi connectivity index (χ3v) is 3.51. The maximum absolute atomic E-state index is 12.3. The number of hydrogen-bond donors (Lipinski definition) is 1. The van der Waals surface area contributed by atoms with Gasteiger partial charge in [0.2, 0.25) is 0 Å². The van der Waals surface area contributed by atoms with Gasteiger partial charge < -0.3 is 5.11 Å². The van der Waals surface area contributed by atoms with Crippen molar-refractivity contribution in [3.05, 3.63) is 0 Å². The number of hydrogen-bond acceptors (Lipinski definition) is 2. The number of Topliss-reactive ketones (excluding diaryl/α,β-unsaturated/α-hetero) is 1. The van der Waals surface area contributed by atoms with E-state index in [1.54, 1.807) is 13.8 Å². The molecule has 0 spiro atoms. The first kappa shape index (κ1) is 13.0. The van der Waals surface area contributed by atoms with Crippen LogP contribution in [0.15, 0.2) is 0 Å². The minimum Gasteiger partial charge on any atom is -0.465 e. The lowest BCUT2D eigenvalue weighted by Crippen LogP contribution is -2.60. The number of carbonyl (C=O) groups excluding carboxylic acids is 1. The number of carbonyl (C=O) groups is 2. The van der Waals surface area contributed by atoms with Crippen LogP contribution in [0.3, 0.4) is 0 Å². The number of nitrogens with zero attached hydrogens (tertiary/aromatic N) is 1. The smallest absolute Gasteiger partial charge is 0.408 e. The Balaban J connectivity index is 3.00. The third kappa shape index (κ3) is 2.06. The minimum absolute atomic E-state index is 0.0358. The van der Waals surface area contributed by atoms with Gasteiger partial charge in [-0.25, -0.2) is 4.79 Å². The van der Waals surface area contributed by atoms with E-state index in [1.165, 1.54) is 4.90 Å².